The van der Waals surface area contributed by atoms with Gasteiger partial charge in [-0.3, -0.25) is 0 Å². The van der Waals surface area contributed by atoms with Crippen molar-refractivity contribution in [3.05, 3.63) is 158 Å². The van der Waals surface area contributed by atoms with Crippen LogP contribution in [0.15, 0.2) is 158 Å². The highest BCUT2D eigenvalue weighted by atomic mass is 32.1. The third-order valence-electron chi connectivity index (χ3n) is 9.95. The van der Waals surface area contributed by atoms with Crippen molar-refractivity contribution in [3.63, 3.8) is 0 Å². The lowest BCUT2D eigenvalue weighted by atomic mass is 9.93. The molecule has 8 aromatic carbocycles. The minimum absolute atomic E-state index is 0.651. The molecule has 0 saturated heterocycles. The van der Waals surface area contributed by atoms with Gasteiger partial charge in [0, 0.05) is 42.4 Å². The standard InChI is InChI=1S/C46H26N4S2/c1-2-11-27(12-3-1)43-48-44(28-21-23-34-32-15-5-4-13-30(32)31-14-6-7-16-33(31)37(34)25-28)50-45(49-43)36-17-10-20-40-42(36)35-24-22-29(26-41(35)51-40)46-47-38-18-8-9-19-39(38)52-46/h1-26H. The summed E-state index contributed by atoms with van der Waals surface area (Å²) in [5, 5.41) is 10.7. The van der Waals surface area contributed by atoms with Crippen molar-refractivity contribution < 1.29 is 0 Å². The Labute approximate surface area is 306 Å². The Morgan fingerprint density at radius 1 is 0.327 bits per heavy atom. The summed E-state index contributed by atoms with van der Waals surface area (Å²) in [6.45, 7) is 0. The highest BCUT2D eigenvalue weighted by molar-refractivity contribution is 7.26. The Morgan fingerprint density at radius 2 is 0.923 bits per heavy atom. The van der Waals surface area contributed by atoms with E-state index in [4.69, 9.17) is 19.9 Å². The SMILES string of the molecule is c1ccc(-c2nc(-c3ccc4c5ccccc5c5ccccc5c4c3)nc(-c3cccc4sc5cc(-c6nc7ccccc7s6)ccc5c34)n2)cc1. The quantitative estimate of drug-likeness (QED) is 0.172. The molecule has 242 valence electrons. The van der Waals surface area contributed by atoms with Crippen LogP contribution in [0, 0.1) is 0 Å². The van der Waals surface area contributed by atoms with Gasteiger partial charge in [-0.15, -0.1) is 22.7 Å². The molecule has 11 aromatic rings. The summed E-state index contributed by atoms with van der Waals surface area (Å²) < 4.78 is 3.61. The Morgan fingerprint density at radius 3 is 1.69 bits per heavy atom. The molecule has 0 fully saturated rings. The molecule has 6 heteroatoms. The summed E-state index contributed by atoms with van der Waals surface area (Å²) in [4.78, 5) is 20.5. The summed E-state index contributed by atoms with van der Waals surface area (Å²) in [5.74, 6) is 1.96. The maximum absolute atomic E-state index is 5.25. The van der Waals surface area contributed by atoms with E-state index in [9.17, 15) is 0 Å². The first kappa shape index (κ1) is 29.4. The van der Waals surface area contributed by atoms with Crippen molar-refractivity contribution in [1.29, 1.82) is 0 Å². The third kappa shape index (κ3) is 4.65. The number of rotatable bonds is 4. The van der Waals surface area contributed by atoms with Crippen LogP contribution in [0.2, 0.25) is 0 Å². The number of hydrogen-bond acceptors (Lipinski definition) is 6. The molecule has 0 spiro atoms. The van der Waals surface area contributed by atoms with Crippen molar-refractivity contribution in [2.75, 3.05) is 0 Å². The molecule has 0 radical (unpaired) electrons. The molecule has 0 saturated carbocycles. The lowest BCUT2D eigenvalue weighted by molar-refractivity contribution is 1.08. The molecule has 52 heavy (non-hydrogen) atoms. The van der Waals surface area contributed by atoms with Crippen molar-refractivity contribution in [2.24, 2.45) is 0 Å². The van der Waals surface area contributed by atoms with Crippen molar-refractivity contribution in [2.45, 2.75) is 0 Å². The molecule has 0 atom stereocenters. The van der Waals surface area contributed by atoms with E-state index in [-0.39, 0.29) is 0 Å². The molecule has 0 bridgehead atoms. The molecule has 0 aliphatic rings. The van der Waals surface area contributed by atoms with Crippen molar-refractivity contribution in [3.8, 4) is 44.7 Å². The minimum Gasteiger partial charge on any atom is -0.236 e. The maximum Gasteiger partial charge on any atom is 0.164 e. The molecule has 0 aliphatic carbocycles. The largest absolute Gasteiger partial charge is 0.236 e. The summed E-state index contributed by atoms with van der Waals surface area (Å²) in [6.07, 6.45) is 0. The second-order valence-corrected chi connectivity index (χ2v) is 15.1. The van der Waals surface area contributed by atoms with Crippen LogP contribution in [0.5, 0.6) is 0 Å². The first-order valence-corrected chi connectivity index (χ1v) is 18.9. The smallest absolute Gasteiger partial charge is 0.164 e. The fraction of sp³-hybridized carbons (Fsp3) is 0. The summed E-state index contributed by atoms with van der Waals surface area (Å²) in [6, 6.07) is 55.6. The minimum atomic E-state index is 0.651. The fourth-order valence-corrected chi connectivity index (χ4v) is 9.66. The number of nitrogens with zero attached hydrogens (tertiary/aromatic N) is 4. The molecular weight excluding hydrogens is 673 g/mol. The number of benzene rings is 8. The summed E-state index contributed by atoms with van der Waals surface area (Å²) >= 11 is 3.53. The second kappa shape index (κ2) is 11.6. The lowest BCUT2D eigenvalue weighted by Gasteiger charge is -2.13. The van der Waals surface area contributed by atoms with Gasteiger partial charge in [0.05, 0.1) is 10.2 Å². The molecule has 3 aromatic heterocycles. The van der Waals surface area contributed by atoms with Gasteiger partial charge in [-0.05, 0) is 62.6 Å². The van der Waals surface area contributed by atoms with Gasteiger partial charge in [0.2, 0.25) is 0 Å². The average Bonchev–Trinajstić information content (AvgIpc) is 3.83. The van der Waals surface area contributed by atoms with Gasteiger partial charge in [-0.2, -0.15) is 0 Å². The molecule has 4 nitrogen and oxygen atoms in total. The zero-order valence-electron chi connectivity index (χ0n) is 27.6. The first-order valence-electron chi connectivity index (χ1n) is 17.2. The number of thiophene rings is 1. The molecule has 11 rings (SSSR count). The van der Waals surface area contributed by atoms with E-state index < -0.39 is 0 Å². The number of aromatic nitrogens is 4. The number of fused-ring (bicyclic) bond motifs is 10. The number of para-hydroxylation sites is 1. The molecule has 0 N–H and O–H groups in total. The van der Waals surface area contributed by atoms with Crippen LogP contribution in [0.3, 0.4) is 0 Å². The van der Waals surface area contributed by atoms with E-state index >= 15 is 0 Å². The van der Waals surface area contributed by atoms with Gasteiger partial charge in [0.15, 0.2) is 17.5 Å². The molecule has 0 unspecified atom stereocenters. The molecule has 3 heterocycles. The Balaban J connectivity index is 1.12. The van der Waals surface area contributed by atoms with Crippen LogP contribution in [0.25, 0.3) is 107 Å². The van der Waals surface area contributed by atoms with Crippen LogP contribution in [-0.4, -0.2) is 19.9 Å². The van der Waals surface area contributed by atoms with E-state index in [2.05, 4.69) is 133 Å². The van der Waals surface area contributed by atoms with E-state index in [0.29, 0.717) is 17.5 Å². The second-order valence-electron chi connectivity index (χ2n) is 13.0. The zero-order valence-corrected chi connectivity index (χ0v) is 29.2. The van der Waals surface area contributed by atoms with E-state index in [1.165, 1.54) is 51.8 Å². The van der Waals surface area contributed by atoms with E-state index in [1.54, 1.807) is 22.7 Å². The zero-order chi connectivity index (χ0) is 34.2. The third-order valence-corrected chi connectivity index (χ3v) is 12.2. The number of hydrogen-bond donors (Lipinski definition) is 0. The maximum atomic E-state index is 5.25. The lowest BCUT2D eigenvalue weighted by Crippen LogP contribution is -2.00. The topological polar surface area (TPSA) is 51.6 Å². The van der Waals surface area contributed by atoms with Gasteiger partial charge in [-0.25, -0.2) is 19.9 Å². The highest BCUT2D eigenvalue weighted by Crippen LogP contribution is 2.43. The van der Waals surface area contributed by atoms with Crippen LogP contribution >= 0.6 is 22.7 Å². The van der Waals surface area contributed by atoms with Crippen LogP contribution in [0.4, 0.5) is 0 Å². The first-order chi connectivity index (χ1) is 25.7. The van der Waals surface area contributed by atoms with Gasteiger partial charge < -0.3 is 0 Å². The molecule has 0 aliphatic heterocycles. The Kier molecular flexibility index (Phi) is 6.56. The Bertz CT molecular complexity index is 3130. The summed E-state index contributed by atoms with van der Waals surface area (Å²) in [5.41, 5.74) is 5.07. The monoisotopic (exact) mass is 698 g/mol. The van der Waals surface area contributed by atoms with E-state index in [0.717, 1.165) is 38.2 Å². The van der Waals surface area contributed by atoms with Crippen LogP contribution in [0.1, 0.15) is 0 Å². The van der Waals surface area contributed by atoms with Crippen molar-refractivity contribution >= 4 is 85.4 Å². The molecule has 0 amide bonds. The fourth-order valence-electron chi connectivity index (χ4n) is 7.53. The van der Waals surface area contributed by atoms with E-state index in [1.807, 2.05) is 24.3 Å². The predicted molar refractivity (Wildman–Crippen MR) is 220 cm³/mol. The summed E-state index contributed by atoms with van der Waals surface area (Å²) in [7, 11) is 0. The van der Waals surface area contributed by atoms with Gasteiger partial charge in [0.25, 0.3) is 0 Å². The molecular formula is C46H26N4S2. The van der Waals surface area contributed by atoms with Gasteiger partial charge >= 0.3 is 0 Å². The van der Waals surface area contributed by atoms with Crippen molar-refractivity contribution in [1.82, 2.24) is 19.9 Å². The Hall–Kier alpha value is -6.34. The highest BCUT2D eigenvalue weighted by Gasteiger charge is 2.19. The number of thiazole rings is 1. The van der Waals surface area contributed by atoms with Gasteiger partial charge in [0.1, 0.15) is 5.01 Å². The van der Waals surface area contributed by atoms with Crippen LogP contribution in [-0.2, 0) is 0 Å². The predicted octanol–water partition coefficient (Wildman–Crippen LogP) is 13.0. The van der Waals surface area contributed by atoms with Gasteiger partial charge in [-0.1, -0.05) is 127 Å². The average molecular weight is 699 g/mol. The van der Waals surface area contributed by atoms with Crippen LogP contribution < -0.4 is 0 Å². The normalized spacial score (nSPS) is 11.8.